The number of nitrogens with one attached hydrogen (secondary N) is 1. The van der Waals surface area contributed by atoms with Gasteiger partial charge in [0.2, 0.25) is 10.0 Å². The third-order valence-corrected chi connectivity index (χ3v) is 9.34. The molecule has 1 aromatic heterocycles. The van der Waals surface area contributed by atoms with Crippen molar-refractivity contribution in [2.24, 2.45) is 0 Å². The molecule has 2 aliphatic heterocycles. The summed E-state index contributed by atoms with van der Waals surface area (Å²) >= 11 is 0. The Bertz CT molecular complexity index is 1580. The number of hydrogen-bond acceptors (Lipinski definition) is 9. The van der Waals surface area contributed by atoms with Gasteiger partial charge in [0.25, 0.3) is 10.0 Å². The Balaban J connectivity index is 1.30. The molecular formula is C23H22F3N5O6S2. The molecule has 208 valence electrons. The van der Waals surface area contributed by atoms with E-state index < -0.39 is 31.8 Å². The maximum atomic E-state index is 13.2. The predicted octanol–water partition coefficient (Wildman–Crippen LogP) is 2.58. The van der Waals surface area contributed by atoms with Crippen molar-refractivity contribution in [3.8, 4) is 11.5 Å². The van der Waals surface area contributed by atoms with Gasteiger partial charge in [0, 0.05) is 44.6 Å². The average Bonchev–Trinajstić information content (AvgIpc) is 2.92. The molecule has 1 N–H and O–H groups in total. The topological polar surface area (TPSA) is 131 Å². The summed E-state index contributed by atoms with van der Waals surface area (Å²) in [5.74, 6) is 0.842. The van der Waals surface area contributed by atoms with Crippen molar-refractivity contribution in [2.45, 2.75) is 16.0 Å². The molecule has 0 bridgehead atoms. The van der Waals surface area contributed by atoms with Crippen molar-refractivity contribution in [2.75, 3.05) is 49.0 Å². The quantitative estimate of drug-likeness (QED) is 0.464. The molecule has 0 spiro atoms. The smallest absolute Gasteiger partial charge is 0.416 e. The Kier molecular flexibility index (Phi) is 7.02. The summed E-state index contributed by atoms with van der Waals surface area (Å²) in [5.41, 5.74) is -0.981. The molecule has 39 heavy (non-hydrogen) atoms. The van der Waals surface area contributed by atoms with Gasteiger partial charge < -0.3 is 14.4 Å². The molecule has 0 radical (unpaired) electrons. The van der Waals surface area contributed by atoms with Crippen LogP contribution in [-0.4, -0.2) is 70.5 Å². The van der Waals surface area contributed by atoms with Crippen LogP contribution in [0, 0.1) is 0 Å². The standard InChI is InChI=1S/C23H22F3N5O6S2/c24-23(25,26)16-1-3-17(4-2-16)38(32,33)29-21-22(28-8-7-27-21)30-9-11-31(12-10-30)39(34,35)18-5-6-19-20(15-18)37-14-13-36-19/h1-8,15H,9-14H2,(H,27,29). The third-order valence-electron chi connectivity index (χ3n) is 6.09. The number of benzene rings is 2. The number of fused-ring (bicyclic) bond motifs is 1. The lowest BCUT2D eigenvalue weighted by Gasteiger charge is -2.35. The molecule has 0 aliphatic carbocycles. The molecular weight excluding hydrogens is 563 g/mol. The SMILES string of the molecule is O=S(=O)(Nc1nccnc1N1CCN(S(=O)(=O)c2ccc3c(c2)OCCO3)CC1)c1ccc(C(F)(F)F)cc1. The zero-order valence-electron chi connectivity index (χ0n) is 20.1. The number of piperazine rings is 1. The van der Waals surface area contributed by atoms with Crippen molar-refractivity contribution in [1.82, 2.24) is 14.3 Å². The highest BCUT2D eigenvalue weighted by molar-refractivity contribution is 7.92. The Morgan fingerprint density at radius 2 is 1.41 bits per heavy atom. The van der Waals surface area contributed by atoms with Gasteiger partial charge >= 0.3 is 6.18 Å². The number of alkyl halides is 3. The number of aromatic nitrogens is 2. The number of nitrogens with zero attached hydrogens (tertiary/aromatic N) is 4. The van der Waals surface area contributed by atoms with E-state index >= 15 is 0 Å². The van der Waals surface area contributed by atoms with Gasteiger partial charge in [-0.15, -0.1) is 0 Å². The first-order chi connectivity index (χ1) is 18.4. The molecule has 1 fully saturated rings. The number of ether oxygens (including phenoxy) is 2. The van der Waals surface area contributed by atoms with Crippen molar-refractivity contribution in [1.29, 1.82) is 0 Å². The van der Waals surface area contributed by atoms with E-state index in [2.05, 4.69) is 14.7 Å². The molecule has 16 heteroatoms. The number of hydrogen-bond donors (Lipinski definition) is 1. The normalized spacial score (nSPS) is 16.6. The Morgan fingerprint density at radius 1 is 0.795 bits per heavy atom. The van der Waals surface area contributed by atoms with Crippen LogP contribution in [-0.2, 0) is 26.2 Å². The van der Waals surface area contributed by atoms with Crippen LogP contribution >= 0.6 is 0 Å². The number of anilines is 2. The van der Waals surface area contributed by atoms with Gasteiger partial charge in [-0.2, -0.15) is 17.5 Å². The van der Waals surface area contributed by atoms with Crippen LogP contribution < -0.4 is 19.1 Å². The number of halogens is 3. The van der Waals surface area contributed by atoms with Crippen LogP contribution in [0.25, 0.3) is 0 Å². The van der Waals surface area contributed by atoms with Gasteiger partial charge in [-0.05, 0) is 36.4 Å². The average molecular weight is 586 g/mol. The van der Waals surface area contributed by atoms with E-state index in [1.54, 1.807) is 11.0 Å². The Hall–Kier alpha value is -3.63. The summed E-state index contributed by atoms with van der Waals surface area (Å²) in [6.07, 6.45) is -1.99. The summed E-state index contributed by atoms with van der Waals surface area (Å²) in [5, 5.41) is 0. The van der Waals surface area contributed by atoms with Gasteiger partial charge in [0.05, 0.1) is 15.4 Å². The van der Waals surface area contributed by atoms with Crippen LogP contribution in [0.2, 0.25) is 0 Å². The fourth-order valence-electron chi connectivity index (χ4n) is 4.12. The minimum Gasteiger partial charge on any atom is -0.486 e. The van der Waals surface area contributed by atoms with Crippen LogP contribution in [0.4, 0.5) is 24.8 Å². The molecule has 0 unspecified atom stereocenters. The highest BCUT2D eigenvalue weighted by Crippen LogP contribution is 2.34. The summed E-state index contributed by atoms with van der Waals surface area (Å²) in [6, 6.07) is 7.47. The van der Waals surface area contributed by atoms with Crippen molar-refractivity contribution < 1.29 is 39.5 Å². The van der Waals surface area contributed by atoms with E-state index in [4.69, 9.17) is 9.47 Å². The van der Waals surface area contributed by atoms with Crippen molar-refractivity contribution >= 4 is 31.7 Å². The fraction of sp³-hybridized carbons (Fsp3) is 0.304. The number of sulfonamides is 2. The second-order valence-corrected chi connectivity index (χ2v) is 12.2. The second kappa shape index (κ2) is 10.2. The zero-order valence-corrected chi connectivity index (χ0v) is 21.8. The second-order valence-electron chi connectivity index (χ2n) is 8.55. The maximum Gasteiger partial charge on any atom is 0.416 e. The zero-order chi connectivity index (χ0) is 27.8. The van der Waals surface area contributed by atoms with Crippen molar-refractivity contribution in [3.05, 3.63) is 60.4 Å². The van der Waals surface area contributed by atoms with Crippen LogP contribution in [0.15, 0.2) is 64.6 Å². The van der Waals surface area contributed by atoms with E-state index in [1.165, 1.54) is 28.8 Å². The van der Waals surface area contributed by atoms with E-state index in [-0.39, 0.29) is 47.6 Å². The van der Waals surface area contributed by atoms with E-state index in [0.717, 1.165) is 12.1 Å². The molecule has 0 amide bonds. The lowest BCUT2D eigenvalue weighted by molar-refractivity contribution is -0.137. The minimum absolute atomic E-state index is 0.0599. The first-order valence-corrected chi connectivity index (χ1v) is 14.5. The van der Waals surface area contributed by atoms with Crippen LogP contribution in [0.3, 0.4) is 0 Å². The van der Waals surface area contributed by atoms with Gasteiger partial charge in [0.15, 0.2) is 23.1 Å². The fourth-order valence-corrected chi connectivity index (χ4v) is 6.57. The molecule has 1 saturated heterocycles. The minimum atomic E-state index is -4.61. The van der Waals surface area contributed by atoms with Crippen LogP contribution in [0.1, 0.15) is 5.56 Å². The lowest BCUT2D eigenvalue weighted by atomic mass is 10.2. The Labute approximate surface area is 222 Å². The van der Waals surface area contributed by atoms with E-state index in [1.807, 2.05) is 0 Å². The number of rotatable bonds is 6. The molecule has 5 rings (SSSR count). The molecule has 2 aromatic carbocycles. The van der Waals surface area contributed by atoms with Crippen LogP contribution in [0.5, 0.6) is 11.5 Å². The van der Waals surface area contributed by atoms with Gasteiger partial charge in [-0.3, -0.25) is 4.72 Å². The van der Waals surface area contributed by atoms with E-state index in [0.29, 0.717) is 36.8 Å². The molecule has 3 heterocycles. The monoisotopic (exact) mass is 585 g/mol. The summed E-state index contributed by atoms with van der Waals surface area (Å²) < 4.78 is 105. The Morgan fingerprint density at radius 3 is 2.08 bits per heavy atom. The summed E-state index contributed by atoms with van der Waals surface area (Å²) in [6.45, 7) is 1.22. The third kappa shape index (κ3) is 5.58. The van der Waals surface area contributed by atoms with Gasteiger partial charge in [0.1, 0.15) is 13.2 Å². The van der Waals surface area contributed by atoms with Crippen molar-refractivity contribution in [3.63, 3.8) is 0 Å². The van der Waals surface area contributed by atoms with Gasteiger partial charge in [-0.25, -0.2) is 26.8 Å². The largest absolute Gasteiger partial charge is 0.486 e. The predicted molar refractivity (Wildman–Crippen MR) is 133 cm³/mol. The lowest BCUT2D eigenvalue weighted by Crippen LogP contribution is -2.49. The summed E-state index contributed by atoms with van der Waals surface area (Å²) in [4.78, 5) is 9.60. The first kappa shape index (κ1) is 27.0. The molecule has 2 aliphatic rings. The molecule has 0 atom stereocenters. The maximum absolute atomic E-state index is 13.2. The van der Waals surface area contributed by atoms with Gasteiger partial charge in [-0.1, -0.05) is 0 Å². The highest BCUT2D eigenvalue weighted by atomic mass is 32.2. The molecule has 11 nitrogen and oxygen atoms in total. The first-order valence-electron chi connectivity index (χ1n) is 11.6. The van der Waals surface area contributed by atoms with E-state index in [9.17, 15) is 30.0 Å². The molecule has 3 aromatic rings. The summed E-state index contributed by atoms with van der Waals surface area (Å²) in [7, 11) is -8.14. The highest BCUT2D eigenvalue weighted by Gasteiger charge is 2.33. The molecule has 0 saturated carbocycles.